The van der Waals surface area contributed by atoms with Crippen molar-refractivity contribution < 1.29 is 9.90 Å². The van der Waals surface area contributed by atoms with E-state index in [0.717, 1.165) is 0 Å². The number of carbonyl (C=O) groups is 1. The first-order chi connectivity index (χ1) is 4.18. The van der Waals surface area contributed by atoms with E-state index in [1.54, 1.807) is 19.9 Å². The van der Waals surface area contributed by atoms with Crippen molar-refractivity contribution in [2.45, 2.75) is 13.8 Å². The molecule has 0 aliphatic rings. The molecule has 0 rings (SSSR count). The van der Waals surface area contributed by atoms with E-state index in [-0.39, 0.29) is 0 Å². The molecule has 54 valence electrons. The van der Waals surface area contributed by atoms with Crippen LogP contribution in [0.4, 0.5) is 0 Å². The fourth-order valence-corrected chi connectivity index (χ4v) is 0.123. The van der Waals surface area contributed by atoms with Gasteiger partial charge in [-0.05, 0) is 13.8 Å². The van der Waals surface area contributed by atoms with Gasteiger partial charge in [-0.15, -0.1) is 0 Å². The van der Waals surface area contributed by atoms with Gasteiger partial charge in [0.2, 0.25) is 0 Å². The van der Waals surface area contributed by atoms with Crippen molar-refractivity contribution in [2.24, 2.45) is 11.7 Å². The molecule has 0 radical (unpaired) electrons. The van der Waals surface area contributed by atoms with Crippen molar-refractivity contribution in [3.05, 3.63) is 11.6 Å². The molecule has 0 aromatic heterocycles. The summed E-state index contributed by atoms with van der Waals surface area (Å²) in [4.78, 5) is 9.86. The zero-order valence-corrected chi connectivity index (χ0v) is 5.59. The number of rotatable bonds is 1. The van der Waals surface area contributed by atoms with Crippen LogP contribution in [0.2, 0.25) is 0 Å². The maximum Gasteiger partial charge on any atom is 0.330 e. The molecule has 0 aromatic carbocycles. The lowest BCUT2D eigenvalue weighted by Gasteiger charge is -1.84. The average molecular weight is 132 g/mol. The highest BCUT2D eigenvalue weighted by Crippen LogP contribution is 1.87. The van der Waals surface area contributed by atoms with Crippen LogP contribution in [0.3, 0.4) is 0 Å². The van der Waals surface area contributed by atoms with E-state index in [4.69, 9.17) is 5.11 Å². The van der Waals surface area contributed by atoms with E-state index in [2.05, 4.69) is 11.7 Å². The van der Waals surface area contributed by atoms with Gasteiger partial charge in [-0.3, -0.25) is 11.7 Å². The van der Waals surface area contributed by atoms with Gasteiger partial charge in [0.1, 0.15) is 0 Å². The van der Waals surface area contributed by atoms with Crippen LogP contribution < -0.4 is 11.7 Å². The summed E-state index contributed by atoms with van der Waals surface area (Å²) in [5.41, 5.74) is 0.389. The summed E-state index contributed by atoms with van der Waals surface area (Å²) >= 11 is 0. The Morgan fingerprint density at radius 2 is 1.89 bits per heavy atom. The summed E-state index contributed by atoms with van der Waals surface area (Å²) in [6.07, 6.45) is 1.56. The lowest BCUT2D eigenvalue weighted by Crippen LogP contribution is -2.02. The third-order valence-corrected chi connectivity index (χ3v) is 0.770. The molecule has 0 spiro atoms. The number of hydrogen-bond donors (Lipinski definition) is 3. The summed E-state index contributed by atoms with van der Waals surface area (Å²) in [6, 6.07) is 0. The van der Waals surface area contributed by atoms with Crippen LogP contribution in [0, 0.1) is 0 Å². The Balaban J connectivity index is 0. The van der Waals surface area contributed by atoms with Crippen LogP contribution in [-0.4, -0.2) is 11.1 Å². The van der Waals surface area contributed by atoms with Crippen molar-refractivity contribution in [3.63, 3.8) is 0 Å². The van der Waals surface area contributed by atoms with Gasteiger partial charge < -0.3 is 5.11 Å². The zero-order chi connectivity index (χ0) is 7.86. The summed E-state index contributed by atoms with van der Waals surface area (Å²) in [5, 5.41) is 8.11. The van der Waals surface area contributed by atoms with Crippen molar-refractivity contribution in [3.8, 4) is 0 Å². The molecular weight excluding hydrogens is 120 g/mol. The third-order valence-electron chi connectivity index (χ3n) is 0.770. The molecule has 0 fully saturated rings. The SMILES string of the molecule is CC=C(C)C(=O)O.NN. The van der Waals surface area contributed by atoms with E-state index in [1.165, 1.54) is 0 Å². The molecule has 5 N–H and O–H groups in total. The minimum atomic E-state index is -0.845. The summed E-state index contributed by atoms with van der Waals surface area (Å²) in [6.45, 7) is 3.26. The maximum absolute atomic E-state index is 9.86. The number of allylic oxidation sites excluding steroid dienone is 1. The fourth-order valence-electron chi connectivity index (χ4n) is 0.123. The molecule has 0 aromatic rings. The Hall–Kier alpha value is -0.870. The van der Waals surface area contributed by atoms with Crippen molar-refractivity contribution >= 4 is 5.97 Å². The van der Waals surface area contributed by atoms with Crippen molar-refractivity contribution in [1.82, 2.24) is 0 Å². The quantitative estimate of drug-likeness (QED) is 0.263. The lowest BCUT2D eigenvalue weighted by molar-refractivity contribution is -0.132. The molecule has 4 nitrogen and oxygen atoms in total. The largest absolute Gasteiger partial charge is 0.478 e. The summed E-state index contributed by atoms with van der Waals surface area (Å²) in [5.74, 6) is 7.16. The predicted molar refractivity (Wildman–Crippen MR) is 35.4 cm³/mol. The second-order valence-electron chi connectivity index (χ2n) is 1.28. The molecule has 0 bridgehead atoms. The maximum atomic E-state index is 9.86. The summed E-state index contributed by atoms with van der Waals surface area (Å²) in [7, 11) is 0. The Morgan fingerprint density at radius 1 is 1.56 bits per heavy atom. The molecule has 0 heterocycles. The van der Waals surface area contributed by atoms with Crippen LogP contribution >= 0.6 is 0 Å². The Bertz CT molecular complexity index is 110. The molecular formula is C5H12N2O2. The normalized spacial score (nSPS) is 9.56. The second-order valence-corrected chi connectivity index (χ2v) is 1.28. The van der Waals surface area contributed by atoms with Crippen molar-refractivity contribution in [2.75, 3.05) is 0 Å². The van der Waals surface area contributed by atoms with E-state index in [1.807, 2.05) is 0 Å². The first kappa shape index (κ1) is 11.0. The van der Waals surface area contributed by atoms with Gasteiger partial charge in [0, 0.05) is 5.57 Å². The fraction of sp³-hybridized carbons (Fsp3) is 0.400. The van der Waals surface area contributed by atoms with E-state index < -0.39 is 5.97 Å². The minimum Gasteiger partial charge on any atom is -0.478 e. The van der Waals surface area contributed by atoms with Gasteiger partial charge in [0.15, 0.2) is 0 Å². The molecule has 0 saturated heterocycles. The van der Waals surface area contributed by atoms with Crippen LogP contribution in [0.25, 0.3) is 0 Å². The minimum absolute atomic E-state index is 0.389. The predicted octanol–water partition coefficient (Wildman–Crippen LogP) is -0.144. The molecule has 0 aliphatic carbocycles. The van der Waals surface area contributed by atoms with Gasteiger partial charge in [-0.2, -0.15) is 0 Å². The van der Waals surface area contributed by atoms with E-state index >= 15 is 0 Å². The number of carboxylic acids is 1. The Kier molecular flexibility index (Phi) is 8.71. The van der Waals surface area contributed by atoms with Crippen LogP contribution in [-0.2, 0) is 4.79 Å². The number of hydrogen-bond acceptors (Lipinski definition) is 3. The van der Waals surface area contributed by atoms with Gasteiger partial charge in [-0.25, -0.2) is 4.79 Å². The number of hydrazine groups is 1. The van der Waals surface area contributed by atoms with Crippen LogP contribution in [0.5, 0.6) is 0 Å². The zero-order valence-electron chi connectivity index (χ0n) is 5.59. The number of nitrogens with two attached hydrogens (primary N) is 2. The van der Waals surface area contributed by atoms with Crippen LogP contribution in [0.15, 0.2) is 11.6 Å². The third kappa shape index (κ3) is 7.13. The van der Waals surface area contributed by atoms with Gasteiger partial charge >= 0.3 is 5.97 Å². The summed E-state index contributed by atoms with van der Waals surface area (Å²) < 4.78 is 0. The highest BCUT2D eigenvalue weighted by molar-refractivity contribution is 5.85. The topological polar surface area (TPSA) is 89.3 Å². The van der Waals surface area contributed by atoms with Gasteiger partial charge in [-0.1, -0.05) is 6.08 Å². The molecule has 0 saturated carbocycles. The van der Waals surface area contributed by atoms with Crippen LogP contribution in [0.1, 0.15) is 13.8 Å². The first-order valence-electron chi connectivity index (χ1n) is 2.38. The first-order valence-corrected chi connectivity index (χ1v) is 2.38. The Morgan fingerprint density at radius 3 is 1.89 bits per heavy atom. The van der Waals surface area contributed by atoms with Crippen molar-refractivity contribution in [1.29, 1.82) is 0 Å². The number of carboxylic acid groups (broad SMARTS) is 1. The van der Waals surface area contributed by atoms with Gasteiger partial charge in [0.25, 0.3) is 0 Å². The monoisotopic (exact) mass is 132 g/mol. The molecule has 4 heteroatoms. The molecule has 0 atom stereocenters. The smallest absolute Gasteiger partial charge is 0.330 e. The number of aliphatic carboxylic acids is 1. The average Bonchev–Trinajstić information content (AvgIpc) is 1.91. The van der Waals surface area contributed by atoms with Gasteiger partial charge in [0.05, 0.1) is 0 Å². The molecule has 0 amide bonds. The van der Waals surface area contributed by atoms with E-state index in [9.17, 15) is 4.79 Å². The molecule has 0 unspecified atom stereocenters. The van der Waals surface area contributed by atoms with E-state index in [0.29, 0.717) is 5.57 Å². The standard InChI is InChI=1S/C5H8O2.H4N2/c1-3-4(2)5(6)7;1-2/h3H,1-2H3,(H,6,7);1-2H2. The highest BCUT2D eigenvalue weighted by atomic mass is 16.4. The lowest BCUT2D eigenvalue weighted by atomic mass is 10.3. The molecule has 0 aliphatic heterocycles. The second kappa shape index (κ2) is 7.13. The Labute approximate surface area is 54.1 Å². The molecule has 9 heavy (non-hydrogen) atoms. The highest BCUT2D eigenvalue weighted by Gasteiger charge is 1.93.